The van der Waals surface area contributed by atoms with Gasteiger partial charge in [-0.25, -0.2) is 8.78 Å². The van der Waals surface area contributed by atoms with Gasteiger partial charge in [-0.05, 0) is 51.4 Å². The monoisotopic (exact) mass is 255 g/mol. The highest BCUT2D eigenvalue weighted by atomic mass is 19.1. The SMILES string of the molecule is CNC(c1cc(F)c(C)cc1F)C1(C)CCCO1. The van der Waals surface area contributed by atoms with E-state index in [0.717, 1.165) is 12.8 Å². The van der Waals surface area contributed by atoms with E-state index < -0.39 is 5.60 Å². The van der Waals surface area contributed by atoms with Crippen LogP contribution in [0.1, 0.15) is 36.9 Å². The number of halogens is 2. The normalized spacial score (nSPS) is 25.4. The van der Waals surface area contributed by atoms with Gasteiger partial charge in [0.15, 0.2) is 0 Å². The van der Waals surface area contributed by atoms with Crippen molar-refractivity contribution in [3.8, 4) is 0 Å². The largest absolute Gasteiger partial charge is 0.373 e. The molecule has 1 N–H and O–H groups in total. The molecule has 100 valence electrons. The summed E-state index contributed by atoms with van der Waals surface area (Å²) in [6, 6.07) is 2.18. The molecule has 1 aromatic rings. The van der Waals surface area contributed by atoms with Gasteiger partial charge in [0.1, 0.15) is 11.6 Å². The molecule has 4 heteroatoms. The van der Waals surface area contributed by atoms with E-state index in [2.05, 4.69) is 5.32 Å². The molecule has 2 unspecified atom stereocenters. The van der Waals surface area contributed by atoms with Gasteiger partial charge >= 0.3 is 0 Å². The lowest BCUT2D eigenvalue weighted by Gasteiger charge is -2.33. The fourth-order valence-electron chi connectivity index (χ4n) is 2.70. The van der Waals surface area contributed by atoms with Crippen molar-refractivity contribution < 1.29 is 13.5 Å². The minimum absolute atomic E-state index is 0.323. The Bertz CT molecular complexity index is 442. The van der Waals surface area contributed by atoms with Crippen LogP contribution >= 0.6 is 0 Å². The van der Waals surface area contributed by atoms with E-state index in [4.69, 9.17) is 4.74 Å². The molecule has 2 atom stereocenters. The van der Waals surface area contributed by atoms with Gasteiger partial charge in [-0.15, -0.1) is 0 Å². The molecule has 1 fully saturated rings. The van der Waals surface area contributed by atoms with Crippen LogP contribution in [0.25, 0.3) is 0 Å². The summed E-state index contributed by atoms with van der Waals surface area (Å²) < 4.78 is 33.4. The lowest BCUT2D eigenvalue weighted by molar-refractivity contribution is -0.0114. The minimum atomic E-state index is -0.475. The van der Waals surface area contributed by atoms with Gasteiger partial charge in [0.05, 0.1) is 11.6 Å². The first-order valence-corrected chi connectivity index (χ1v) is 6.25. The van der Waals surface area contributed by atoms with Gasteiger partial charge in [-0.3, -0.25) is 0 Å². The Labute approximate surface area is 106 Å². The first kappa shape index (κ1) is 13.4. The number of likely N-dealkylation sites (N-methyl/N-ethyl adjacent to an activating group) is 1. The van der Waals surface area contributed by atoms with Crippen molar-refractivity contribution in [3.05, 3.63) is 34.9 Å². The van der Waals surface area contributed by atoms with Crippen molar-refractivity contribution in [2.24, 2.45) is 0 Å². The smallest absolute Gasteiger partial charge is 0.128 e. The highest BCUT2D eigenvalue weighted by Gasteiger charge is 2.39. The molecule has 2 rings (SSSR count). The lowest BCUT2D eigenvalue weighted by Crippen LogP contribution is -2.40. The Morgan fingerprint density at radius 2 is 2.06 bits per heavy atom. The van der Waals surface area contributed by atoms with Crippen LogP contribution in [0.15, 0.2) is 12.1 Å². The Morgan fingerprint density at radius 3 is 2.61 bits per heavy atom. The average Bonchev–Trinajstić information content (AvgIpc) is 2.74. The topological polar surface area (TPSA) is 21.3 Å². The maximum Gasteiger partial charge on any atom is 0.128 e. The predicted molar refractivity (Wildman–Crippen MR) is 66.5 cm³/mol. The highest BCUT2D eigenvalue weighted by Crippen LogP contribution is 2.38. The zero-order chi connectivity index (χ0) is 13.3. The molecule has 0 radical (unpaired) electrons. The van der Waals surface area contributed by atoms with Crippen LogP contribution in [0.3, 0.4) is 0 Å². The Balaban J connectivity index is 2.41. The summed E-state index contributed by atoms with van der Waals surface area (Å²) in [5, 5.41) is 3.06. The molecular weight excluding hydrogens is 236 g/mol. The Hall–Kier alpha value is -1.00. The zero-order valence-corrected chi connectivity index (χ0v) is 11.0. The molecule has 0 saturated carbocycles. The maximum absolute atomic E-state index is 14.0. The lowest BCUT2D eigenvalue weighted by atomic mass is 9.87. The van der Waals surface area contributed by atoms with E-state index in [1.54, 1.807) is 14.0 Å². The third-order valence-electron chi connectivity index (χ3n) is 3.74. The molecule has 1 aliphatic heterocycles. The second kappa shape index (κ2) is 4.94. The summed E-state index contributed by atoms with van der Waals surface area (Å²) in [6.45, 7) is 4.17. The predicted octanol–water partition coefficient (Wildman–Crippen LogP) is 3.10. The van der Waals surface area contributed by atoms with Gasteiger partial charge in [0.2, 0.25) is 0 Å². The second-order valence-electron chi connectivity index (χ2n) is 5.11. The summed E-state index contributed by atoms with van der Waals surface area (Å²) in [7, 11) is 1.74. The van der Waals surface area contributed by atoms with Crippen molar-refractivity contribution in [2.75, 3.05) is 13.7 Å². The van der Waals surface area contributed by atoms with Gasteiger partial charge in [0.25, 0.3) is 0 Å². The van der Waals surface area contributed by atoms with Crippen LogP contribution in [0, 0.1) is 18.6 Å². The van der Waals surface area contributed by atoms with Gasteiger partial charge in [-0.2, -0.15) is 0 Å². The van der Waals surface area contributed by atoms with E-state index in [1.165, 1.54) is 12.1 Å². The van der Waals surface area contributed by atoms with Gasteiger partial charge < -0.3 is 10.1 Å². The summed E-state index contributed by atoms with van der Waals surface area (Å²) in [5.41, 5.74) is 0.186. The van der Waals surface area contributed by atoms with Gasteiger partial charge in [-0.1, -0.05) is 0 Å². The quantitative estimate of drug-likeness (QED) is 0.896. The second-order valence-corrected chi connectivity index (χ2v) is 5.11. The molecule has 1 aromatic carbocycles. The number of aryl methyl sites for hydroxylation is 1. The van der Waals surface area contributed by atoms with Crippen LogP contribution in [0.2, 0.25) is 0 Å². The van der Waals surface area contributed by atoms with E-state index in [9.17, 15) is 8.78 Å². The van der Waals surface area contributed by atoms with Crippen molar-refractivity contribution in [2.45, 2.75) is 38.3 Å². The molecule has 2 nitrogen and oxygen atoms in total. The third-order valence-corrected chi connectivity index (χ3v) is 3.74. The Kier molecular flexibility index (Phi) is 3.69. The van der Waals surface area contributed by atoms with Crippen LogP contribution in [-0.2, 0) is 4.74 Å². The standard InChI is InChI=1S/C14H19F2NO/c1-9-7-12(16)10(8-11(9)15)13(17-3)14(2)5-4-6-18-14/h7-8,13,17H,4-6H2,1-3H3. The molecule has 0 aliphatic carbocycles. The minimum Gasteiger partial charge on any atom is -0.373 e. The molecule has 0 bridgehead atoms. The van der Waals surface area contributed by atoms with Crippen molar-refractivity contribution >= 4 is 0 Å². The number of hydrogen-bond donors (Lipinski definition) is 1. The Morgan fingerprint density at radius 1 is 1.33 bits per heavy atom. The van der Waals surface area contributed by atoms with Crippen molar-refractivity contribution in [1.82, 2.24) is 5.32 Å². The number of rotatable bonds is 3. The van der Waals surface area contributed by atoms with Crippen LogP contribution in [0.5, 0.6) is 0 Å². The van der Waals surface area contributed by atoms with E-state index in [1.807, 2.05) is 6.92 Å². The zero-order valence-electron chi connectivity index (χ0n) is 11.0. The molecule has 0 aromatic heterocycles. The first-order chi connectivity index (χ1) is 8.48. The average molecular weight is 255 g/mol. The first-order valence-electron chi connectivity index (χ1n) is 6.25. The van der Waals surface area contributed by atoms with Crippen LogP contribution < -0.4 is 5.32 Å². The summed E-state index contributed by atoms with van der Waals surface area (Å²) in [4.78, 5) is 0. The molecule has 0 amide bonds. The maximum atomic E-state index is 14.0. The number of nitrogens with one attached hydrogen (secondary N) is 1. The summed E-state index contributed by atoms with van der Waals surface area (Å²) >= 11 is 0. The van der Waals surface area contributed by atoms with Crippen molar-refractivity contribution in [1.29, 1.82) is 0 Å². The summed E-state index contributed by atoms with van der Waals surface area (Å²) in [6.07, 6.45) is 1.79. The van der Waals surface area contributed by atoms with Crippen LogP contribution in [0.4, 0.5) is 8.78 Å². The molecule has 0 spiro atoms. The van der Waals surface area contributed by atoms with Crippen molar-refractivity contribution in [3.63, 3.8) is 0 Å². The molecular formula is C14H19F2NO. The van der Waals surface area contributed by atoms with E-state index >= 15 is 0 Å². The third kappa shape index (κ3) is 2.27. The molecule has 18 heavy (non-hydrogen) atoms. The van der Waals surface area contributed by atoms with Crippen LogP contribution in [-0.4, -0.2) is 19.3 Å². The number of benzene rings is 1. The highest BCUT2D eigenvalue weighted by molar-refractivity contribution is 5.29. The summed E-state index contributed by atoms with van der Waals surface area (Å²) in [5.74, 6) is -0.766. The van der Waals surface area contributed by atoms with E-state index in [0.29, 0.717) is 17.7 Å². The fourth-order valence-corrected chi connectivity index (χ4v) is 2.70. The molecule has 1 saturated heterocycles. The number of ether oxygens (including phenoxy) is 1. The fraction of sp³-hybridized carbons (Fsp3) is 0.571. The number of hydrogen-bond acceptors (Lipinski definition) is 2. The van der Waals surface area contributed by atoms with Gasteiger partial charge in [0, 0.05) is 12.2 Å². The van der Waals surface area contributed by atoms with E-state index in [-0.39, 0.29) is 17.7 Å². The molecule has 1 aliphatic rings. The molecule has 1 heterocycles.